The average molecular weight is 1920 g/mol. The summed E-state index contributed by atoms with van der Waals surface area (Å²) in [6.07, 6.45) is -1.90. The van der Waals surface area contributed by atoms with Crippen molar-refractivity contribution >= 4 is 71.6 Å². The summed E-state index contributed by atoms with van der Waals surface area (Å²) in [7, 11) is 0. The van der Waals surface area contributed by atoms with E-state index in [2.05, 4.69) is 300 Å². The van der Waals surface area contributed by atoms with Crippen LogP contribution in [0.2, 0.25) is 0 Å². The highest BCUT2D eigenvalue weighted by molar-refractivity contribution is 5.88. The Morgan fingerprint density at radius 1 is 0.219 bits per heavy atom. The van der Waals surface area contributed by atoms with Crippen molar-refractivity contribution in [1.82, 2.24) is 0 Å². The highest BCUT2D eigenvalue weighted by Crippen LogP contribution is 2.12. The molecular weight excluding hydrogens is 1760 g/mol. The molecule has 0 radical (unpaired) electrons. The van der Waals surface area contributed by atoms with Crippen LogP contribution < -0.4 is 0 Å². The Bertz CT molecular complexity index is 3670. The van der Waals surface area contributed by atoms with Gasteiger partial charge in [-0.3, -0.25) is 33.6 Å². The van der Waals surface area contributed by atoms with E-state index in [4.69, 9.17) is 45.3 Å². The van der Waals surface area contributed by atoms with E-state index in [-0.39, 0.29) is 93.9 Å². The third kappa shape index (κ3) is 111. The van der Waals surface area contributed by atoms with Crippen LogP contribution in [-0.4, -0.2) is 204 Å². The molecule has 0 bridgehead atoms. The molecular formula is C108H160O29. The van der Waals surface area contributed by atoms with Crippen LogP contribution in [0, 0.1) is 13.8 Å². The number of carboxylic acid groups (broad SMARTS) is 2. The van der Waals surface area contributed by atoms with Gasteiger partial charge in [-0.05, 0) is 101 Å². The molecule has 0 fully saturated rings. The maximum atomic E-state index is 10.8. The smallest absolute Gasteiger partial charge is 0.333 e. The van der Waals surface area contributed by atoms with Gasteiger partial charge in [-0.1, -0.05) is 333 Å². The second kappa shape index (κ2) is 102. The fraction of sp³-hybridized carbons (Fsp3) is 0.407. The number of hydrogen-bond acceptors (Lipinski definition) is 27. The van der Waals surface area contributed by atoms with Crippen molar-refractivity contribution in [3.8, 4) is 0 Å². The number of ether oxygens (including phenoxy) is 10. The molecule has 7 aromatic rings. The third-order valence-electron chi connectivity index (χ3n) is 13.6. The minimum atomic E-state index is -0.998. The Morgan fingerprint density at radius 3 is 0.431 bits per heavy atom. The topological polar surface area (TPSA) is 439 Å². The van der Waals surface area contributed by atoms with E-state index in [0.717, 1.165) is 33.1 Å². The van der Waals surface area contributed by atoms with Gasteiger partial charge in [0.2, 0.25) is 0 Å². The third-order valence-corrected chi connectivity index (χ3v) is 13.6. The van der Waals surface area contributed by atoms with Crippen molar-refractivity contribution in [1.29, 1.82) is 0 Å². The molecule has 29 heteroatoms. The Morgan fingerprint density at radius 2 is 0.336 bits per heavy atom. The number of esters is 10. The van der Waals surface area contributed by atoms with Crippen LogP contribution >= 0.6 is 0 Å². The molecule has 137 heavy (non-hydrogen) atoms. The van der Waals surface area contributed by atoms with E-state index in [0.29, 0.717) is 0 Å². The molecule has 7 aromatic carbocycles. The van der Waals surface area contributed by atoms with E-state index in [1.165, 1.54) is 114 Å². The molecule has 0 heterocycles. The Labute approximate surface area is 815 Å². The second-order valence-corrected chi connectivity index (χ2v) is 26.8. The van der Waals surface area contributed by atoms with Gasteiger partial charge in [0.15, 0.2) is 0 Å². The van der Waals surface area contributed by atoms with E-state index in [1.54, 1.807) is 0 Å². The summed E-state index contributed by atoms with van der Waals surface area (Å²) in [6, 6.07) is 71.6. The van der Waals surface area contributed by atoms with E-state index < -0.39 is 102 Å². The number of aliphatic carboxylic acids is 2. The lowest BCUT2D eigenvalue weighted by atomic mass is 10.1. The van der Waals surface area contributed by atoms with Crippen LogP contribution in [-0.2, 0) is 124 Å². The van der Waals surface area contributed by atoms with Crippen LogP contribution in [0.3, 0.4) is 0 Å². The van der Waals surface area contributed by atoms with Crippen molar-refractivity contribution in [2.45, 2.75) is 230 Å². The van der Waals surface area contributed by atoms with Gasteiger partial charge in [-0.15, -0.1) is 0 Å². The maximum Gasteiger partial charge on any atom is 0.333 e. The average Bonchev–Trinajstić information content (AvgIpc) is 0.917. The van der Waals surface area contributed by atoms with Crippen molar-refractivity contribution in [2.75, 3.05) is 66.1 Å². The van der Waals surface area contributed by atoms with E-state index >= 15 is 0 Å². The number of rotatable bonds is 31. The predicted molar refractivity (Wildman–Crippen MR) is 540 cm³/mol. The van der Waals surface area contributed by atoms with Gasteiger partial charge in [0.25, 0.3) is 11.9 Å². The number of hydrogen-bond donors (Lipinski definition) is 7. The molecule has 0 aromatic heterocycles. The predicted octanol–water partition coefficient (Wildman–Crippen LogP) is 18.6. The molecule has 0 saturated carbocycles. The number of aryl methyl sites for hydroxylation is 2. The first-order valence-electron chi connectivity index (χ1n) is 44.6. The second-order valence-electron chi connectivity index (χ2n) is 26.8. The highest BCUT2D eigenvalue weighted by Gasteiger charge is 2.15. The Kier molecular flexibility index (Phi) is 107. The fourth-order valence-electron chi connectivity index (χ4n) is 7.87. The number of carbonyl (C=O) groups is 12. The molecule has 7 N–H and O–H groups in total. The van der Waals surface area contributed by atoms with Crippen molar-refractivity contribution in [2.24, 2.45) is 0 Å². The fourth-order valence-corrected chi connectivity index (χ4v) is 7.87. The van der Waals surface area contributed by atoms with Crippen molar-refractivity contribution in [3.63, 3.8) is 0 Å². The molecule has 0 aliphatic rings. The van der Waals surface area contributed by atoms with Gasteiger partial charge >= 0.3 is 59.7 Å². The molecule has 5 unspecified atom stereocenters. The van der Waals surface area contributed by atoms with Gasteiger partial charge in [-0.2, -0.15) is 0 Å². The number of carboxylic acids is 2. The van der Waals surface area contributed by atoms with Crippen LogP contribution in [0.1, 0.15) is 211 Å². The SMILES string of the molecule is C=C(C)C(=O)OCC(O)COC(C)=O.C=C(C)C(=O)OCC(O)COC(C)=O.C=C(C)C(=O)OCC(O)COC(C)=O.C=C(C)C(=O)OCC(O)COC(C)=O.C=C(C)C(=O)OCC(O)COC(C)=O.CC.CC.CC.CC.CC.CC.CC(=O)O.CC(=O)O.Cc1cccc(C)c1.c1ccc(Cc2ccccc2)cc1.c1ccc(Cc2ccccc2)cc1.c1ccc(Cc2ccccc2)cc1. The van der Waals surface area contributed by atoms with Gasteiger partial charge in [0, 0.05) is 76.3 Å². The van der Waals surface area contributed by atoms with Crippen molar-refractivity contribution < 1.29 is 141 Å². The molecule has 0 spiro atoms. The quantitative estimate of drug-likeness (QED) is 0.0121. The van der Waals surface area contributed by atoms with Gasteiger partial charge in [-0.25, -0.2) is 24.0 Å². The summed E-state index contributed by atoms with van der Waals surface area (Å²) in [4.78, 5) is 124. The first-order chi connectivity index (χ1) is 64.8. The largest absolute Gasteiger partial charge is 0.481 e. The van der Waals surface area contributed by atoms with Crippen LogP contribution in [0.25, 0.3) is 0 Å². The van der Waals surface area contributed by atoms with Gasteiger partial charge < -0.3 is 83.1 Å². The number of aliphatic hydroxyl groups is 5. The summed E-state index contributed by atoms with van der Waals surface area (Å²) in [5.74, 6) is -7.00. The highest BCUT2D eigenvalue weighted by atomic mass is 16.6. The van der Waals surface area contributed by atoms with Crippen molar-refractivity contribution in [3.05, 3.63) is 312 Å². The molecule has 0 saturated heterocycles. The van der Waals surface area contributed by atoms with Gasteiger partial charge in [0.1, 0.15) is 96.6 Å². The summed E-state index contributed by atoms with van der Waals surface area (Å²) < 4.78 is 45.6. The molecule has 766 valence electrons. The lowest BCUT2D eigenvalue weighted by Gasteiger charge is -2.10. The zero-order valence-electron chi connectivity index (χ0n) is 85.9. The molecule has 0 amide bonds. The number of aliphatic hydroxyl groups excluding tert-OH is 5. The standard InChI is InChI=1S/3C13H12.5C9H14O5.C8H10.2C2H4O2.6C2H6/c3*1-3-7-12(8-4-1)11-13-9-5-2-6-10-13;5*1-6(2)9(12)14-5-8(11)4-13-7(3)10;1-7-4-3-5-8(2)6-7;2*1-2(3)4;6*1-2/h3*1-10H,11H2;5*8,11H,1,4-5H2,2-3H3;3-6H,1-2H3;2*1H3,(H,3,4);6*1-2H3. The zero-order chi connectivity index (χ0) is 108. The Balaban J connectivity index is -0.000000162. The first-order valence-corrected chi connectivity index (χ1v) is 44.6. The Hall–Kier alpha value is -13.3. The normalized spacial score (nSPS) is 9.92. The lowest BCUT2D eigenvalue weighted by Crippen LogP contribution is -2.24. The summed E-state index contributed by atoms with van der Waals surface area (Å²) in [6.45, 7) is 58.9. The maximum absolute atomic E-state index is 10.8. The lowest BCUT2D eigenvalue weighted by molar-refractivity contribution is -0.150. The molecule has 5 atom stereocenters. The summed E-state index contributed by atoms with van der Waals surface area (Å²) >= 11 is 0. The zero-order valence-corrected chi connectivity index (χ0v) is 85.9. The summed E-state index contributed by atoms with van der Waals surface area (Å²) in [5, 5.41) is 60.6. The van der Waals surface area contributed by atoms with Crippen LogP contribution in [0.5, 0.6) is 0 Å². The minimum Gasteiger partial charge on any atom is -0.481 e. The van der Waals surface area contributed by atoms with Crippen LogP contribution in [0.4, 0.5) is 0 Å². The first kappa shape index (κ1) is 144. The van der Waals surface area contributed by atoms with E-state index in [9.17, 15) is 47.9 Å². The number of benzene rings is 7. The molecule has 7 rings (SSSR count). The number of carbonyl (C=O) groups excluding carboxylic acids is 10. The summed E-state index contributed by atoms with van der Waals surface area (Å²) in [5.41, 5.74) is 12.2. The van der Waals surface area contributed by atoms with Crippen LogP contribution in [0.15, 0.2) is 267 Å². The molecule has 0 aliphatic carbocycles. The molecule has 0 aliphatic heterocycles. The molecule has 29 nitrogen and oxygen atoms in total. The monoisotopic (exact) mass is 1920 g/mol. The minimum absolute atomic E-state index is 0.182. The van der Waals surface area contributed by atoms with E-state index in [1.807, 2.05) is 83.1 Å². The van der Waals surface area contributed by atoms with Gasteiger partial charge in [0.05, 0.1) is 0 Å².